The molecule has 0 aliphatic rings. The van der Waals surface area contributed by atoms with Crippen LogP contribution in [0.2, 0.25) is 0 Å². The minimum Gasteiger partial charge on any atom is -0.508 e. The summed E-state index contributed by atoms with van der Waals surface area (Å²) < 4.78 is 0. The molecule has 8 N–H and O–H groups in total. The van der Waals surface area contributed by atoms with Crippen molar-refractivity contribution in [2.24, 2.45) is 5.73 Å². The smallest absolute Gasteiger partial charge is 0.326 e. The van der Waals surface area contributed by atoms with Crippen LogP contribution >= 0.6 is 12.6 Å². The molecule has 0 aliphatic carbocycles. The van der Waals surface area contributed by atoms with Gasteiger partial charge in [-0.3, -0.25) is 14.4 Å². The number of amides is 3. The first kappa shape index (κ1) is 27.6. The number of thiol groups is 1. The van der Waals surface area contributed by atoms with Gasteiger partial charge in [-0.1, -0.05) is 30.3 Å². The molecule has 0 aliphatic heterocycles. The number of benzene rings is 2. The Hall–Kier alpha value is -4.03. The molecule has 0 bridgehead atoms. The fraction of sp³-hybridized carbons (Fsp3) is 0.280. The van der Waals surface area contributed by atoms with E-state index in [-0.39, 0.29) is 24.3 Å². The summed E-state index contributed by atoms with van der Waals surface area (Å²) in [6.07, 6.45) is 1.85. The minimum atomic E-state index is -1.25. The number of nitrogens with two attached hydrogens (primary N) is 1. The van der Waals surface area contributed by atoms with E-state index >= 15 is 0 Å². The number of phenolic OH excluding ortho intramolecular Hbond substituents is 1. The molecule has 3 atom stereocenters. The number of hydrogen-bond donors (Lipinski definition) is 8. The maximum atomic E-state index is 13.0. The third-order valence-electron chi connectivity index (χ3n) is 5.70. The molecule has 3 unspecified atom stereocenters. The second kappa shape index (κ2) is 12.8. The van der Waals surface area contributed by atoms with E-state index in [1.165, 1.54) is 12.1 Å². The van der Waals surface area contributed by atoms with E-state index in [1.807, 2.05) is 24.3 Å². The van der Waals surface area contributed by atoms with Gasteiger partial charge in [-0.2, -0.15) is 12.6 Å². The summed E-state index contributed by atoms with van der Waals surface area (Å²) in [5.41, 5.74) is 7.98. The summed E-state index contributed by atoms with van der Waals surface area (Å²) in [6.45, 7) is -0.503. The van der Waals surface area contributed by atoms with E-state index in [0.717, 1.165) is 16.5 Å². The van der Waals surface area contributed by atoms with Crippen LogP contribution in [0.1, 0.15) is 11.1 Å². The van der Waals surface area contributed by atoms with Gasteiger partial charge in [0.2, 0.25) is 17.7 Å². The molecule has 0 saturated heterocycles. The Bertz CT molecular complexity index is 1260. The number of para-hydroxylation sites is 1. The highest BCUT2D eigenvalue weighted by Gasteiger charge is 2.26. The summed E-state index contributed by atoms with van der Waals surface area (Å²) in [7, 11) is 0. The standard InChI is InChI=1S/C25H29N5O6S/c26-18(13-37)23(33)30-20(10-15-11-27-19-4-2-1-3-17(15)19)24(34)28-12-22(32)29-21(25(35)36)9-14-5-7-16(31)8-6-14/h1-8,11,18,20-21,27,31,37H,9-10,12-13,26H2,(H,28,34)(H,29,32)(H,30,33)(H,35,36). The lowest BCUT2D eigenvalue weighted by Crippen LogP contribution is -2.54. The molecule has 12 heteroatoms. The molecule has 3 rings (SSSR count). The van der Waals surface area contributed by atoms with Crippen LogP contribution in [0.5, 0.6) is 5.75 Å². The largest absolute Gasteiger partial charge is 0.508 e. The quantitative estimate of drug-likeness (QED) is 0.153. The molecular weight excluding hydrogens is 498 g/mol. The number of aromatic hydroxyl groups is 1. The van der Waals surface area contributed by atoms with E-state index in [1.54, 1.807) is 18.3 Å². The summed E-state index contributed by atoms with van der Waals surface area (Å²) in [6, 6.07) is 10.2. The third-order valence-corrected chi connectivity index (χ3v) is 6.09. The zero-order valence-electron chi connectivity index (χ0n) is 19.8. The van der Waals surface area contributed by atoms with Crippen molar-refractivity contribution in [1.29, 1.82) is 0 Å². The van der Waals surface area contributed by atoms with Crippen LogP contribution in [-0.2, 0) is 32.0 Å². The van der Waals surface area contributed by atoms with Crippen LogP contribution in [0.4, 0.5) is 0 Å². The van der Waals surface area contributed by atoms with Crippen molar-refractivity contribution in [3.63, 3.8) is 0 Å². The van der Waals surface area contributed by atoms with Crippen LogP contribution in [0, 0.1) is 0 Å². The number of aromatic amines is 1. The number of aromatic nitrogens is 1. The number of carbonyl (C=O) groups is 4. The fourth-order valence-corrected chi connectivity index (χ4v) is 3.86. The second-order valence-corrected chi connectivity index (χ2v) is 8.83. The molecule has 0 spiro atoms. The highest BCUT2D eigenvalue weighted by molar-refractivity contribution is 7.80. The molecule has 1 aromatic heterocycles. The normalized spacial score (nSPS) is 13.4. The number of nitrogens with one attached hydrogen (secondary N) is 4. The molecule has 0 saturated carbocycles. The molecule has 37 heavy (non-hydrogen) atoms. The average Bonchev–Trinajstić information content (AvgIpc) is 3.29. The van der Waals surface area contributed by atoms with Crippen LogP contribution in [-0.4, -0.2) is 69.3 Å². The Labute approximate surface area is 218 Å². The van der Waals surface area contributed by atoms with Crippen molar-refractivity contribution in [3.8, 4) is 5.75 Å². The number of phenols is 1. The summed E-state index contributed by atoms with van der Waals surface area (Å²) in [5, 5.41) is 27.2. The van der Waals surface area contributed by atoms with Gasteiger partial charge in [-0.15, -0.1) is 0 Å². The SMILES string of the molecule is NC(CS)C(=O)NC(Cc1c[nH]c2ccccc12)C(=O)NCC(=O)NC(Cc1ccc(O)cc1)C(=O)O. The number of rotatable bonds is 12. The van der Waals surface area contributed by atoms with E-state index in [4.69, 9.17) is 5.73 Å². The molecule has 3 amide bonds. The molecule has 11 nitrogen and oxygen atoms in total. The van der Waals surface area contributed by atoms with E-state index in [2.05, 4.69) is 33.6 Å². The number of hydrogen-bond acceptors (Lipinski definition) is 7. The number of fused-ring (bicyclic) bond motifs is 1. The predicted molar refractivity (Wildman–Crippen MR) is 140 cm³/mol. The fourth-order valence-electron chi connectivity index (χ4n) is 3.70. The molecule has 2 aromatic carbocycles. The van der Waals surface area contributed by atoms with Crippen LogP contribution < -0.4 is 21.7 Å². The van der Waals surface area contributed by atoms with Gasteiger partial charge in [0, 0.05) is 35.7 Å². The molecule has 1 heterocycles. The summed E-state index contributed by atoms with van der Waals surface area (Å²) in [5.74, 6) is -3.06. The topological polar surface area (TPSA) is 187 Å². The maximum Gasteiger partial charge on any atom is 0.326 e. The Balaban J connectivity index is 1.65. The number of carboxylic acid groups (broad SMARTS) is 1. The Morgan fingerprint density at radius 1 is 0.946 bits per heavy atom. The van der Waals surface area contributed by atoms with Gasteiger partial charge in [0.05, 0.1) is 12.6 Å². The molecule has 0 radical (unpaired) electrons. The van der Waals surface area contributed by atoms with Crippen molar-refractivity contribution in [3.05, 3.63) is 65.9 Å². The lowest BCUT2D eigenvalue weighted by molar-refractivity contribution is -0.141. The average molecular weight is 528 g/mol. The number of carboxylic acids is 1. The minimum absolute atomic E-state index is 0.0177. The maximum absolute atomic E-state index is 13.0. The van der Waals surface area contributed by atoms with Gasteiger partial charge in [0.25, 0.3) is 0 Å². The molecular formula is C25H29N5O6S. The predicted octanol–water partition coefficient (Wildman–Crippen LogP) is 0.0862. The summed E-state index contributed by atoms with van der Waals surface area (Å²) in [4.78, 5) is 52.6. The third kappa shape index (κ3) is 7.72. The van der Waals surface area contributed by atoms with Crippen molar-refractivity contribution in [2.45, 2.75) is 31.0 Å². The highest BCUT2D eigenvalue weighted by Crippen LogP contribution is 2.19. The van der Waals surface area contributed by atoms with Crippen molar-refractivity contribution < 1.29 is 29.4 Å². The van der Waals surface area contributed by atoms with Crippen molar-refractivity contribution in [2.75, 3.05) is 12.3 Å². The van der Waals surface area contributed by atoms with E-state index in [9.17, 15) is 29.4 Å². The number of aliphatic carboxylic acids is 1. The monoisotopic (exact) mass is 527 g/mol. The van der Waals surface area contributed by atoms with E-state index < -0.39 is 48.4 Å². The Morgan fingerprint density at radius 2 is 1.65 bits per heavy atom. The van der Waals surface area contributed by atoms with Crippen LogP contribution in [0.15, 0.2) is 54.7 Å². The van der Waals surface area contributed by atoms with Crippen LogP contribution in [0.25, 0.3) is 10.9 Å². The van der Waals surface area contributed by atoms with E-state index in [0.29, 0.717) is 5.56 Å². The lowest BCUT2D eigenvalue weighted by atomic mass is 10.0. The first-order chi connectivity index (χ1) is 17.7. The number of carbonyl (C=O) groups excluding carboxylic acids is 3. The van der Waals surface area contributed by atoms with Gasteiger partial charge in [-0.05, 0) is 29.3 Å². The van der Waals surface area contributed by atoms with Gasteiger partial charge in [0.15, 0.2) is 0 Å². The molecule has 0 fully saturated rings. The van der Waals surface area contributed by atoms with Gasteiger partial charge in [-0.25, -0.2) is 4.79 Å². The van der Waals surface area contributed by atoms with Gasteiger partial charge >= 0.3 is 5.97 Å². The van der Waals surface area contributed by atoms with Crippen molar-refractivity contribution in [1.82, 2.24) is 20.9 Å². The Kier molecular flexibility index (Phi) is 9.52. The van der Waals surface area contributed by atoms with Gasteiger partial charge < -0.3 is 36.9 Å². The molecule has 196 valence electrons. The molecule has 3 aromatic rings. The first-order valence-corrected chi connectivity index (χ1v) is 12.1. The zero-order chi connectivity index (χ0) is 26.9. The first-order valence-electron chi connectivity index (χ1n) is 11.5. The van der Waals surface area contributed by atoms with Gasteiger partial charge in [0.1, 0.15) is 17.8 Å². The van der Waals surface area contributed by atoms with Crippen LogP contribution in [0.3, 0.4) is 0 Å². The second-order valence-electron chi connectivity index (χ2n) is 8.46. The number of H-pyrrole nitrogens is 1. The lowest BCUT2D eigenvalue weighted by Gasteiger charge is -2.20. The summed E-state index contributed by atoms with van der Waals surface area (Å²) >= 11 is 4.02. The van der Waals surface area contributed by atoms with Crippen molar-refractivity contribution >= 4 is 47.2 Å². The highest BCUT2D eigenvalue weighted by atomic mass is 32.1. The zero-order valence-corrected chi connectivity index (χ0v) is 20.7. The Morgan fingerprint density at radius 3 is 2.32 bits per heavy atom.